The minimum atomic E-state index is -0.0971. The van der Waals surface area contributed by atoms with E-state index in [0.29, 0.717) is 0 Å². The van der Waals surface area contributed by atoms with Crippen molar-refractivity contribution < 1.29 is 9.47 Å². The summed E-state index contributed by atoms with van der Waals surface area (Å²) in [5.41, 5.74) is 3.84. The summed E-state index contributed by atoms with van der Waals surface area (Å²) in [5.74, 6) is 6.52. The van der Waals surface area contributed by atoms with Crippen LogP contribution in [0.5, 0.6) is 5.75 Å². The molecule has 19 heavy (non-hydrogen) atoms. The van der Waals surface area contributed by atoms with Crippen molar-refractivity contribution in [1.82, 2.24) is 15.2 Å². The molecule has 0 spiro atoms. The van der Waals surface area contributed by atoms with E-state index in [1.807, 2.05) is 4.68 Å². The van der Waals surface area contributed by atoms with E-state index in [4.69, 9.17) is 15.3 Å². The normalized spacial score (nSPS) is 21.6. The van der Waals surface area contributed by atoms with Gasteiger partial charge in [-0.3, -0.25) is 10.5 Å². The van der Waals surface area contributed by atoms with Crippen molar-refractivity contribution in [3.05, 3.63) is 11.9 Å². The van der Waals surface area contributed by atoms with E-state index in [1.54, 1.807) is 13.3 Å². The fraction of sp³-hybridized carbons (Fsp3) is 0.769. The van der Waals surface area contributed by atoms with Gasteiger partial charge in [0.25, 0.3) is 0 Å². The lowest BCUT2D eigenvalue weighted by atomic mass is 9.99. The van der Waals surface area contributed by atoms with Crippen molar-refractivity contribution >= 4 is 0 Å². The van der Waals surface area contributed by atoms with E-state index in [0.717, 1.165) is 30.9 Å². The van der Waals surface area contributed by atoms with Crippen LogP contribution >= 0.6 is 0 Å². The van der Waals surface area contributed by atoms with Crippen LogP contribution in [-0.2, 0) is 4.74 Å². The number of ether oxygens (including phenoxy) is 2. The highest BCUT2D eigenvalue weighted by molar-refractivity contribution is 5.29. The fourth-order valence-electron chi connectivity index (χ4n) is 2.61. The molecular formula is C13H24N4O2. The van der Waals surface area contributed by atoms with Gasteiger partial charge in [0.15, 0.2) is 5.75 Å². The maximum absolute atomic E-state index is 5.85. The molecule has 0 saturated carbocycles. The number of nitrogens with zero attached hydrogens (tertiary/aromatic N) is 2. The SMILES string of the molecule is COc1cnn(C(C)C)c1C(NN)C1CCCCO1. The van der Waals surface area contributed by atoms with E-state index < -0.39 is 0 Å². The summed E-state index contributed by atoms with van der Waals surface area (Å²) in [7, 11) is 1.65. The van der Waals surface area contributed by atoms with E-state index in [2.05, 4.69) is 24.4 Å². The van der Waals surface area contributed by atoms with Crippen LogP contribution in [0.3, 0.4) is 0 Å². The number of hydrogen-bond acceptors (Lipinski definition) is 5. The van der Waals surface area contributed by atoms with Crippen LogP contribution in [0.1, 0.15) is 50.9 Å². The van der Waals surface area contributed by atoms with Crippen LogP contribution in [0, 0.1) is 0 Å². The quantitative estimate of drug-likeness (QED) is 0.626. The third-order valence-electron chi connectivity index (χ3n) is 3.57. The second kappa shape index (κ2) is 6.36. The zero-order valence-corrected chi connectivity index (χ0v) is 11.9. The third kappa shape index (κ3) is 2.91. The van der Waals surface area contributed by atoms with Crippen LogP contribution in [0.2, 0.25) is 0 Å². The number of nitrogens with two attached hydrogens (primary N) is 1. The molecular weight excluding hydrogens is 244 g/mol. The summed E-state index contributed by atoms with van der Waals surface area (Å²) < 4.78 is 13.2. The Bertz CT molecular complexity index is 399. The average Bonchev–Trinajstić information content (AvgIpc) is 2.85. The Hall–Kier alpha value is -1.11. The van der Waals surface area contributed by atoms with E-state index in [1.165, 1.54) is 6.42 Å². The molecule has 1 fully saturated rings. The molecule has 3 N–H and O–H groups in total. The van der Waals surface area contributed by atoms with Gasteiger partial charge in [0.2, 0.25) is 0 Å². The molecule has 2 rings (SSSR count). The highest BCUT2D eigenvalue weighted by Crippen LogP contribution is 2.33. The summed E-state index contributed by atoms with van der Waals surface area (Å²) in [6.07, 6.45) is 5.10. The lowest BCUT2D eigenvalue weighted by Crippen LogP contribution is -2.41. The monoisotopic (exact) mass is 268 g/mol. The molecule has 1 aliphatic heterocycles. The second-order valence-electron chi connectivity index (χ2n) is 5.19. The zero-order valence-electron chi connectivity index (χ0n) is 11.9. The Kier molecular flexibility index (Phi) is 4.79. The van der Waals surface area contributed by atoms with Crippen molar-refractivity contribution in [3.8, 4) is 5.75 Å². The number of methoxy groups -OCH3 is 1. The smallest absolute Gasteiger partial charge is 0.161 e. The van der Waals surface area contributed by atoms with Gasteiger partial charge in [0.05, 0.1) is 25.5 Å². The molecule has 0 aromatic carbocycles. The Labute approximate surface area is 114 Å². The number of aromatic nitrogens is 2. The predicted octanol–water partition coefficient (Wildman–Crippen LogP) is 1.55. The molecule has 2 heterocycles. The molecule has 0 radical (unpaired) electrons. The van der Waals surface area contributed by atoms with Gasteiger partial charge in [0.1, 0.15) is 5.69 Å². The predicted molar refractivity (Wildman–Crippen MR) is 72.8 cm³/mol. The topological polar surface area (TPSA) is 74.3 Å². The van der Waals surface area contributed by atoms with Crippen molar-refractivity contribution in [3.63, 3.8) is 0 Å². The van der Waals surface area contributed by atoms with Gasteiger partial charge >= 0.3 is 0 Å². The first-order valence-electron chi connectivity index (χ1n) is 6.88. The molecule has 0 bridgehead atoms. The molecule has 2 atom stereocenters. The number of rotatable bonds is 5. The number of hydrogen-bond donors (Lipinski definition) is 2. The van der Waals surface area contributed by atoms with Crippen LogP contribution in [0.25, 0.3) is 0 Å². The van der Waals surface area contributed by atoms with Gasteiger partial charge < -0.3 is 9.47 Å². The van der Waals surface area contributed by atoms with Crippen LogP contribution in [-0.4, -0.2) is 29.6 Å². The largest absolute Gasteiger partial charge is 0.493 e. The van der Waals surface area contributed by atoms with Crippen LogP contribution in [0.4, 0.5) is 0 Å². The fourth-order valence-corrected chi connectivity index (χ4v) is 2.61. The molecule has 6 heteroatoms. The Morgan fingerprint density at radius 1 is 1.53 bits per heavy atom. The molecule has 0 amide bonds. The van der Waals surface area contributed by atoms with Gasteiger partial charge in [-0.1, -0.05) is 0 Å². The Morgan fingerprint density at radius 3 is 2.84 bits per heavy atom. The maximum atomic E-state index is 5.85. The minimum absolute atomic E-state index is 0.0712. The summed E-state index contributed by atoms with van der Waals surface area (Å²) in [6, 6.07) is 0.151. The molecule has 108 valence electrons. The highest BCUT2D eigenvalue weighted by atomic mass is 16.5. The van der Waals surface area contributed by atoms with Gasteiger partial charge in [-0.15, -0.1) is 0 Å². The minimum Gasteiger partial charge on any atom is -0.493 e. The molecule has 2 unspecified atom stereocenters. The van der Waals surface area contributed by atoms with Gasteiger partial charge in [-0.05, 0) is 33.1 Å². The Morgan fingerprint density at radius 2 is 2.32 bits per heavy atom. The number of hydrazine groups is 1. The van der Waals surface area contributed by atoms with Gasteiger partial charge in [-0.25, -0.2) is 5.43 Å². The molecule has 1 aliphatic rings. The van der Waals surface area contributed by atoms with Crippen LogP contribution < -0.4 is 16.0 Å². The first-order chi connectivity index (χ1) is 9.19. The van der Waals surface area contributed by atoms with Crippen molar-refractivity contribution in [1.29, 1.82) is 0 Å². The highest BCUT2D eigenvalue weighted by Gasteiger charge is 2.31. The lowest BCUT2D eigenvalue weighted by Gasteiger charge is -2.31. The summed E-state index contributed by atoms with van der Waals surface area (Å²) >= 11 is 0. The third-order valence-corrected chi connectivity index (χ3v) is 3.57. The Balaban J connectivity index is 2.32. The first-order valence-corrected chi connectivity index (χ1v) is 6.88. The maximum Gasteiger partial charge on any atom is 0.161 e. The van der Waals surface area contributed by atoms with E-state index in [-0.39, 0.29) is 18.2 Å². The van der Waals surface area contributed by atoms with E-state index >= 15 is 0 Å². The average molecular weight is 268 g/mol. The molecule has 1 aromatic rings. The summed E-state index contributed by atoms with van der Waals surface area (Å²) in [5, 5.41) is 4.39. The van der Waals surface area contributed by atoms with Crippen LogP contribution in [0.15, 0.2) is 6.20 Å². The summed E-state index contributed by atoms with van der Waals surface area (Å²) in [4.78, 5) is 0. The first kappa shape index (κ1) is 14.3. The molecule has 6 nitrogen and oxygen atoms in total. The van der Waals surface area contributed by atoms with Crippen molar-refractivity contribution in [2.24, 2.45) is 5.84 Å². The van der Waals surface area contributed by atoms with Crippen molar-refractivity contribution in [2.45, 2.75) is 51.3 Å². The zero-order chi connectivity index (χ0) is 13.8. The second-order valence-corrected chi connectivity index (χ2v) is 5.19. The number of nitrogens with one attached hydrogen (secondary N) is 1. The van der Waals surface area contributed by atoms with E-state index in [9.17, 15) is 0 Å². The molecule has 0 aliphatic carbocycles. The van der Waals surface area contributed by atoms with Gasteiger partial charge in [-0.2, -0.15) is 5.10 Å². The summed E-state index contributed by atoms with van der Waals surface area (Å²) in [6.45, 7) is 4.97. The lowest BCUT2D eigenvalue weighted by molar-refractivity contribution is -0.0107. The molecule has 1 saturated heterocycles. The van der Waals surface area contributed by atoms with Gasteiger partial charge in [0, 0.05) is 12.6 Å². The standard InChI is InChI=1S/C13H24N4O2/c1-9(2)17-13(11(18-3)8-15-17)12(16-14)10-6-4-5-7-19-10/h8-10,12,16H,4-7,14H2,1-3H3. The molecule has 1 aromatic heterocycles. The van der Waals surface area contributed by atoms with Crippen molar-refractivity contribution in [2.75, 3.05) is 13.7 Å².